The second-order valence-corrected chi connectivity index (χ2v) is 18.7. The molecule has 0 aromatic rings. The monoisotopic (exact) mass is 740 g/mol. The molecule has 0 bridgehead atoms. The molecular formula is C39H64O13. The summed E-state index contributed by atoms with van der Waals surface area (Å²) in [6.07, 6.45) is -3.83. The molecule has 0 radical (unpaired) electrons. The molecular weight excluding hydrogens is 676 g/mol. The Morgan fingerprint density at radius 1 is 0.673 bits per heavy atom. The molecule has 52 heavy (non-hydrogen) atoms. The van der Waals surface area contributed by atoms with Crippen LogP contribution < -0.4 is 0 Å². The van der Waals surface area contributed by atoms with E-state index in [0.717, 1.165) is 45.1 Å². The molecule has 8 fully saturated rings. The van der Waals surface area contributed by atoms with Crippen LogP contribution in [0.4, 0.5) is 0 Å². The van der Waals surface area contributed by atoms with E-state index in [1.54, 1.807) is 0 Å². The second kappa shape index (κ2) is 14.1. The van der Waals surface area contributed by atoms with Crippen molar-refractivity contribution in [3.63, 3.8) is 0 Å². The first-order valence-corrected chi connectivity index (χ1v) is 20.3. The maximum Gasteiger partial charge on any atom is 0.187 e. The van der Waals surface area contributed by atoms with Gasteiger partial charge in [-0.3, -0.25) is 0 Å². The summed E-state index contributed by atoms with van der Waals surface area (Å²) in [4.78, 5) is 0. The third-order valence-corrected chi connectivity index (χ3v) is 16.2. The van der Waals surface area contributed by atoms with Gasteiger partial charge in [0.25, 0.3) is 0 Å². The zero-order valence-corrected chi connectivity index (χ0v) is 31.2. The number of hydrogen-bond donors (Lipinski definition) is 7. The lowest BCUT2D eigenvalue weighted by atomic mass is 9.44. The lowest BCUT2D eigenvalue weighted by Gasteiger charge is -2.61. The van der Waals surface area contributed by atoms with Crippen LogP contribution in [-0.4, -0.2) is 135 Å². The second-order valence-electron chi connectivity index (χ2n) is 18.7. The summed E-state index contributed by atoms with van der Waals surface area (Å²) >= 11 is 0. The molecule has 4 heterocycles. The maximum absolute atomic E-state index is 11.4. The molecule has 1 spiro atoms. The predicted octanol–water partition coefficient (Wildman–Crippen LogP) is 1.44. The van der Waals surface area contributed by atoms with Gasteiger partial charge >= 0.3 is 0 Å². The quantitative estimate of drug-likeness (QED) is 0.194. The summed E-state index contributed by atoms with van der Waals surface area (Å²) in [5.74, 6) is 3.57. The Balaban J connectivity index is 0.917. The van der Waals surface area contributed by atoms with E-state index in [0.29, 0.717) is 41.4 Å². The Hall–Kier alpha value is -0.520. The molecule has 8 rings (SSSR count). The predicted molar refractivity (Wildman–Crippen MR) is 183 cm³/mol. The van der Waals surface area contributed by atoms with Gasteiger partial charge in [0.15, 0.2) is 18.4 Å². The fraction of sp³-hybridized carbons (Fsp3) is 1.00. The van der Waals surface area contributed by atoms with Gasteiger partial charge in [0.05, 0.1) is 32.0 Å². The Morgan fingerprint density at radius 2 is 1.37 bits per heavy atom. The van der Waals surface area contributed by atoms with Crippen LogP contribution in [0.15, 0.2) is 0 Å². The van der Waals surface area contributed by atoms with E-state index in [-0.39, 0.29) is 23.0 Å². The number of ether oxygens (including phenoxy) is 6. The van der Waals surface area contributed by atoms with Gasteiger partial charge in [-0.2, -0.15) is 0 Å². The van der Waals surface area contributed by atoms with E-state index in [4.69, 9.17) is 28.4 Å². The fourth-order valence-corrected chi connectivity index (χ4v) is 13.2. The molecule has 0 aromatic carbocycles. The first kappa shape index (κ1) is 38.4. The largest absolute Gasteiger partial charge is 0.394 e. The summed E-state index contributed by atoms with van der Waals surface area (Å²) < 4.78 is 37.1. The minimum atomic E-state index is -1.72. The minimum absolute atomic E-state index is 0.183. The van der Waals surface area contributed by atoms with Crippen LogP contribution in [0, 0.1) is 52.3 Å². The van der Waals surface area contributed by atoms with Crippen molar-refractivity contribution in [2.45, 2.75) is 171 Å². The van der Waals surface area contributed by atoms with E-state index in [9.17, 15) is 35.7 Å². The molecule has 13 heteroatoms. The van der Waals surface area contributed by atoms with Crippen LogP contribution in [-0.2, 0) is 28.4 Å². The number of aliphatic hydroxyl groups is 7. The molecule has 4 saturated carbocycles. The number of fused-ring (bicyclic) bond motifs is 7. The molecule has 4 aliphatic carbocycles. The van der Waals surface area contributed by atoms with Crippen molar-refractivity contribution in [3.8, 4) is 0 Å². The summed E-state index contributed by atoms with van der Waals surface area (Å²) in [5, 5.41) is 73.0. The Morgan fingerprint density at radius 3 is 2.06 bits per heavy atom. The van der Waals surface area contributed by atoms with Crippen molar-refractivity contribution in [2.24, 2.45) is 52.3 Å². The van der Waals surface area contributed by atoms with E-state index in [2.05, 4.69) is 27.7 Å². The highest BCUT2D eigenvalue weighted by molar-refractivity contribution is 5.15. The topological polar surface area (TPSA) is 197 Å². The summed E-state index contributed by atoms with van der Waals surface area (Å²) in [6.45, 7) is 9.32. The average molecular weight is 741 g/mol. The normalized spacial score (nSPS) is 59.0. The lowest BCUT2D eigenvalue weighted by molar-refractivity contribution is -0.365. The molecule has 8 aliphatic rings. The number of hydrogen-bond acceptors (Lipinski definition) is 13. The van der Waals surface area contributed by atoms with Gasteiger partial charge in [0.2, 0.25) is 0 Å². The first-order valence-electron chi connectivity index (χ1n) is 20.3. The first-order chi connectivity index (χ1) is 24.7. The molecule has 0 amide bonds. The van der Waals surface area contributed by atoms with Crippen LogP contribution in [0.1, 0.15) is 91.9 Å². The smallest absolute Gasteiger partial charge is 0.187 e. The fourth-order valence-electron chi connectivity index (χ4n) is 13.2. The van der Waals surface area contributed by atoms with E-state index >= 15 is 0 Å². The summed E-state index contributed by atoms with van der Waals surface area (Å²) in [7, 11) is 0. The highest BCUT2D eigenvalue weighted by atomic mass is 16.7. The summed E-state index contributed by atoms with van der Waals surface area (Å²) in [6, 6.07) is 0. The standard InChI is InChI=1S/C39H64O13/c1-18-7-12-39(47-17-18)19(2)28-25(52-39)14-24-22-6-5-20-13-21(8-10-37(20,3)23(22)9-11-38(24,28)4)48-36-33(46)34(30(43)27(16-41)50-36)51-35-32(45)31(44)29(42)26(15-40)49-35/h18-36,40-46H,5-17H2,1-4H3/t18-,19-,20?,21?,22?,23?,24?,25-,26+,27+,28-,29+,30+,31-,32+,33+,34-,35-,36+,37-,38-,39?/m0/s1. The van der Waals surface area contributed by atoms with E-state index in [1.165, 1.54) is 25.7 Å². The van der Waals surface area contributed by atoms with Crippen molar-refractivity contribution in [1.29, 1.82) is 0 Å². The molecule has 13 nitrogen and oxygen atoms in total. The van der Waals surface area contributed by atoms with Crippen LogP contribution in [0.25, 0.3) is 0 Å². The lowest BCUT2D eigenvalue weighted by Crippen LogP contribution is -2.65. The maximum atomic E-state index is 11.4. The molecule has 4 saturated heterocycles. The zero-order chi connectivity index (χ0) is 36.9. The third kappa shape index (κ3) is 5.98. The molecule has 298 valence electrons. The third-order valence-electron chi connectivity index (χ3n) is 16.2. The molecule has 7 N–H and O–H groups in total. The van der Waals surface area contributed by atoms with Crippen LogP contribution in [0.5, 0.6) is 0 Å². The van der Waals surface area contributed by atoms with Gasteiger partial charge in [-0.1, -0.05) is 27.7 Å². The number of rotatable bonds is 6. The highest BCUT2D eigenvalue weighted by Gasteiger charge is 2.69. The van der Waals surface area contributed by atoms with Gasteiger partial charge in [0, 0.05) is 12.3 Å². The van der Waals surface area contributed by atoms with Crippen molar-refractivity contribution >= 4 is 0 Å². The van der Waals surface area contributed by atoms with Crippen LogP contribution >= 0.6 is 0 Å². The Kier molecular flexibility index (Phi) is 10.4. The molecule has 4 aliphatic heterocycles. The Bertz CT molecular complexity index is 1260. The highest BCUT2D eigenvalue weighted by Crippen LogP contribution is 2.71. The zero-order valence-electron chi connectivity index (χ0n) is 31.2. The minimum Gasteiger partial charge on any atom is -0.394 e. The molecule has 6 unspecified atom stereocenters. The summed E-state index contributed by atoms with van der Waals surface area (Å²) in [5.41, 5.74) is 0.448. The van der Waals surface area contributed by atoms with Crippen molar-refractivity contribution in [2.75, 3.05) is 19.8 Å². The van der Waals surface area contributed by atoms with Crippen molar-refractivity contribution < 1.29 is 64.2 Å². The molecule has 22 atom stereocenters. The van der Waals surface area contributed by atoms with E-state index < -0.39 is 80.4 Å². The average Bonchev–Trinajstić information content (AvgIpc) is 3.58. The van der Waals surface area contributed by atoms with Gasteiger partial charge in [-0.25, -0.2) is 0 Å². The van der Waals surface area contributed by atoms with Gasteiger partial charge < -0.3 is 64.2 Å². The molecule has 0 aromatic heterocycles. The van der Waals surface area contributed by atoms with Crippen LogP contribution in [0.3, 0.4) is 0 Å². The van der Waals surface area contributed by atoms with Gasteiger partial charge in [-0.05, 0) is 104 Å². The number of aliphatic hydroxyl groups excluding tert-OH is 7. The Labute approximate surface area is 307 Å². The SMILES string of the molecule is C[C@H]1CCC2(OC1)O[C@H]1CC3C4CCC5CC(O[C@@H]6O[C@H](CO)[C@@H](O)[C@H](O[C@@H]7O[C@H](CO)[C@@H](O)[C@H](O)[C@H]7O)[C@H]6O)CC[C@]5(C)C4CC[C@]3(C)[C@H]1[C@@H]2C. The van der Waals surface area contributed by atoms with Crippen LogP contribution in [0.2, 0.25) is 0 Å². The van der Waals surface area contributed by atoms with Crippen molar-refractivity contribution in [3.05, 3.63) is 0 Å². The van der Waals surface area contributed by atoms with Gasteiger partial charge in [0.1, 0.15) is 48.8 Å². The van der Waals surface area contributed by atoms with Crippen molar-refractivity contribution in [1.82, 2.24) is 0 Å². The van der Waals surface area contributed by atoms with E-state index in [1.807, 2.05) is 0 Å². The van der Waals surface area contributed by atoms with Gasteiger partial charge in [-0.15, -0.1) is 0 Å².